The molecule has 0 spiro atoms. The lowest BCUT2D eigenvalue weighted by Crippen LogP contribution is -2.41. The van der Waals surface area contributed by atoms with Crippen LogP contribution in [0.5, 0.6) is 5.75 Å². The molecule has 1 aliphatic heterocycles. The highest BCUT2D eigenvalue weighted by atomic mass is 32.2. The van der Waals surface area contributed by atoms with Crippen molar-refractivity contribution in [3.05, 3.63) is 29.3 Å². The summed E-state index contributed by atoms with van der Waals surface area (Å²) in [6.45, 7) is 2.89. The second-order valence-electron chi connectivity index (χ2n) is 5.10. The standard InChI is InChI=1S/C14H20N2O4S2/c1-11-2-3-12(13(17)10-11)14(18)15-4-9-22(19,20)16-5-7-21-8-6-16/h2-3,10,17H,4-9H2,1H3,(H,15,18). The lowest BCUT2D eigenvalue weighted by Gasteiger charge is -2.25. The number of sulfonamides is 1. The van der Waals surface area contributed by atoms with Crippen LogP contribution in [-0.2, 0) is 10.0 Å². The normalized spacial score (nSPS) is 16.4. The summed E-state index contributed by atoms with van der Waals surface area (Å²) >= 11 is 1.74. The van der Waals surface area contributed by atoms with Gasteiger partial charge in [0.15, 0.2) is 0 Å². The van der Waals surface area contributed by atoms with E-state index in [4.69, 9.17) is 0 Å². The van der Waals surface area contributed by atoms with Crippen LogP contribution in [0, 0.1) is 6.92 Å². The molecule has 122 valence electrons. The molecule has 1 heterocycles. The molecule has 22 heavy (non-hydrogen) atoms. The number of amides is 1. The van der Waals surface area contributed by atoms with Gasteiger partial charge in [0.25, 0.3) is 5.91 Å². The van der Waals surface area contributed by atoms with Crippen LogP contribution in [0.2, 0.25) is 0 Å². The molecule has 0 radical (unpaired) electrons. The number of phenolic OH excluding ortho intramolecular Hbond substituents is 1. The van der Waals surface area contributed by atoms with Crippen molar-refractivity contribution in [3.63, 3.8) is 0 Å². The Bertz CT molecular complexity index is 640. The molecule has 0 aliphatic carbocycles. The van der Waals surface area contributed by atoms with Gasteiger partial charge >= 0.3 is 0 Å². The zero-order valence-corrected chi connectivity index (χ0v) is 14.0. The van der Waals surface area contributed by atoms with Crippen LogP contribution in [0.1, 0.15) is 15.9 Å². The summed E-state index contributed by atoms with van der Waals surface area (Å²) in [4.78, 5) is 12.0. The first-order chi connectivity index (χ1) is 10.4. The Kier molecular flexibility index (Phi) is 5.71. The van der Waals surface area contributed by atoms with E-state index in [0.29, 0.717) is 13.1 Å². The zero-order valence-electron chi connectivity index (χ0n) is 12.4. The molecule has 6 nitrogen and oxygen atoms in total. The molecule has 8 heteroatoms. The minimum absolute atomic E-state index is 0.0259. The zero-order chi connectivity index (χ0) is 16.2. The van der Waals surface area contributed by atoms with Crippen molar-refractivity contribution in [2.45, 2.75) is 6.92 Å². The molecule has 1 aromatic carbocycles. The van der Waals surface area contributed by atoms with E-state index in [-0.39, 0.29) is 23.6 Å². The minimum Gasteiger partial charge on any atom is -0.507 e. The number of hydrogen-bond acceptors (Lipinski definition) is 5. The molecule has 0 saturated carbocycles. The molecule has 0 unspecified atom stereocenters. The quantitative estimate of drug-likeness (QED) is 0.825. The van der Waals surface area contributed by atoms with Crippen molar-refractivity contribution in [1.29, 1.82) is 0 Å². The summed E-state index contributed by atoms with van der Waals surface area (Å²) in [6.07, 6.45) is 0. The summed E-state index contributed by atoms with van der Waals surface area (Å²) in [5, 5.41) is 12.3. The summed E-state index contributed by atoms with van der Waals surface area (Å²) in [7, 11) is -3.34. The van der Waals surface area contributed by atoms with E-state index in [9.17, 15) is 18.3 Å². The first kappa shape index (κ1) is 17.1. The summed E-state index contributed by atoms with van der Waals surface area (Å²) in [6, 6.07) is 4.74. The Hall–Kier alpha value is -1.25. The Morgan fingerprint density at radius 3 is 2.68 bits per heavy atom. The Morgan fingerprint density at radius 2 is 2.05 bits per heavy atom. The van der Waals surface area contributed by atoms with Gasteiger partial charge in [-0.05, 0) is 24.6 Å². The van der Waals surface area contributed by atoms with Crippen LogP contribution in [-0.4, -0.2) is 60.6 Å². The van der Waals surface area contributed by atoms with Crippen molar-refractivity contribution < 1.29 is 18.3 Å². The third-order valence-electron chi connectivity index (χ3n) is 3.41. The average Bonchev–Trinajstić information content (AvgIpc) is 2.47. The van der Waals surface area contributed by atoms with E-state index in [2.05, 4.69) is 5.32 Å². The number of aryl methyl sites for hydroxylation is 1. The molecular weight excluding hydrogens is 324 g/mol. The number of thioether (sulfide) groups is 1. The maximum absolute atomic E-state index is 12.1. The van der Waals surface area contributed by atoms with E-state index in [1.54, 1.807) is 17.8 Å². The third-order valence-corrected chi connectivity index (χ3v) is 6.22. The molecule has 0 aromatic heterocycles. The molecule has 1 amide bonds. The van der Waals surface area contributed by atoms with Gasteiger partial charge in [-0.25, -0.2) is 12.7 Å². The van der Waals surface area contributed by atoms with Gasteiger partial charge in [-0.1, -0.05) is 6.07 Å². The number of aromatic hydroxyl groups is 1. The molecule has 1 aliphatic rings. The number of benzene rings is 1. The highest BCUT2D eigenvalue weighted by Crippen LogP contribution is 2.18. The van der Waals surface area contributed by atoms with Crippen molar-refractivity contribution in [3.8, 4) is 5.75 Å². The number of carbonyl (C=O) groups excluding carboxylic acids is 1. The first-order valence-corrected chi connectivity index (χ1v) is 9.80. The SMILES string of the molecule is Cc1ccc(C(=O)NCCS(=O)(=O)N2CCSCC2)c(O)c1. The van der Waals surface area contributed by atoms with Gasteiger partial charge < -0.3 is 10.4 Å². The first-order valence-electron chi connectivity index (χ1n) is 7.03. The molecule has 1 aromatic rings. The third kappa shape index (κ3) is 4.37. The monoisotopic (exact) mass is 344 g/mol. The smallest absolute Gasteiger partial charge is 0.255 e. The fraction of sp³-hybridized carbons (Fsp3) is 0.500. The lowest BCUT2D eigenvalue weighted by atomic mass is 10.1. The number of phenols is 1. The topological polar surface area (TPSA) is 86.7 Å². The number of nitrogens with zero attached hydrogens (tertiary/aromatic N) is 1. The van der Waals surface area contributed by atoms with Crippen molar-refractivity contribution in [1.82, 2.24) is 9.62 Å². The van der Waals surface area contributed by atoms with Crippen molar-refractivity contribution >= 4 is 27.7 Å². The van der Waals surface area contributed by atoms with Gasteiger partial charge in [-0.2, -0.15) is 11.8 Å². The van der Waals surface area contributed by atoms with E-state index in [1.165, 1.54) is 16.4 Å². The highest BCUT2D eigenvalue weighted by molar-refractivity contribution is 7.99. The van der Waals surface area contributed by atoms with Gasteiger partial charge in [0.05, 0.1) is 11.3 Å². The van der Waals surface area contributed by atoms with Crippen LogP contribution >= 0.6 is 11.8 Å². The Balaban J connectivity index is 1.88. The van der Waals surface area contributed by atoms with Crippen LogP contribution < -0.4 is 5.32 Å². The Labute approximate surface area is 134 Å². The fourth-order valence-corrected chi connectivity index (χ4v) is 4.67. The second-order valence-corrected chi connectivity index (χ2v) is 8.42. The fourth-order valence-electron chi connectivity index (χ4n) is 2.18. The van der Waals surface area contributed by atoms with E-state index in [1.807, 2.05) is 6.92 Å². The molecule has 1 fully saturated rings. The predicted molar refractivity (Wildman–Crippen MR) is 87.9 cm³/mol. The van der Waals surface area contributed by atoms with Crippen molar-refractivity contribution in [2.24, 2.45) is 0 Å². The van der Waals surface area contributed by atoms with Crippen LogP contribution in [0.15, 0.2) is 18.2 Å². The number of nitrogens with one attached hydrogen (secondary N) is 1. The summed E-state index contributed by atoms with van der Waals surface area (Å²) < 4.78 is 25.7. The Morgan fingerprint density at radius 1 is 1.36 bits per heavy atom. The number of carbonyl (C=O) groups is 1. The minimum atomic E-state index is -3.34. The summed E-state index contributed by atoms with van der Waals surface area (Å²) in [5.41, 5.74) is 0.997. The maximum Gasteiger partial charge on any atom is 0.255 e. The lowest BCUT2D eigenvalue weighted by molar-refractivity contribution is 0.0953. The van der Waals surface area contributed by atoms with E-state index < -0.39 is 15.9 Å². The van der Waals surface area contributed by atoms with Gasteiger partial charge in [-0.15, -0.1) is 0 Å². The van der Waals surface area contributed by atoms with Crippen LogP contribution in [0.25, 0.3) is 0 Å². The molecule has 1 saturated heterocycles. The average molecular weight is 344 g/mol. The molecule has 0 atom stereocenters. The summed E-state index contributed by atoms with van der Waals surface area (Å²) in [5.74, 6) is 0.914. The van der Waals surface area contributed by atoms with Gasteiger partial charge in [-0.3, -0.25) is 4.79 Å². The molecule has 2 rings (SSSR count). The van der Waals surface area contributed by atoms with Crippen LogP contribution in [0.3, 0.4) is 0 Å². The molecular formula is C14H20N2O4S2. The van der Waals surface area contributed by atoms with Gasteiger partial charge in [0, 0.05) is 31.1 Å². The van der Waals surface area contributed by atoms with Gasteiger partial charge in [0.1, 0.15) is 5.75 Å². The molecule has 0 bridgehead atoms. The van der Waals surface area contributed by atoms with Crippen molar-refractivity contribution in [2.75, 3.05) is 36.9 Å². The number of rotatable bonds is 5. The molecule has 2 N–H and O–H groups in total. The highest BCUT2D eigenvalue weighted by Gasteiger charge is 2.24. The van der Waals surface area contributed by atoms with E-state index in [0.717, 1.165) is 17.1 Å². The predicted octanol–water partition coefficient (Wildman–Crippen LogP) is 0.809. The van der Waals surface area contributed by atoms with Crippen LogP contribution in [0.4, 0.5) is 0 Å². The van der Waals surface area contributed by atoms with E-state index >= 15 is 0 Å². The maximum atomic E-state index is 12.1. The number of hydrogen-bond donors (Lipinski definition) is 2. The largest absolute Gasteiger partial charge is 0.507 e. The van der Waals surface area contributed by atoms with Gasteiger partial charge in [0.2, 0.25) is 10.0 Å². The second kappa shape index (κ2) is 7.34.